The Bertz CT molecular complexity index is 155. The van der Waals surface area contributed by atoms with Crippen LogP contribution in [0.15, 0.2) is 12.7 Å². The largest absolute Gasteiger partial charge is 0.419 e. The molecule has 0 N–H and O–H groups in total. The molecule has 78 valence electrons. The van der Waals surface area contributed by atoms with Crippen molar-refractivity contribution in [2.45, 2.75) is 35.5 Å². The third-order valence-corrected chi connectivity index (χ3v) is 2.63. The Labute approximate surface area is 88.5 Å². The van der Waals surface area contributed by atoms with Gasteiger partial charge in [-0.25, -0.2) is 4.39 Å². The van der Waals surface area contributed by atoms with Gasteiger partial charge in [-0.05, 0) is 19.3 Å². The summed E-state index contributed by atoms with van der Waals surface area (Å²) in [4.78, 5) is 0. The molecule has 2 atom stereocenters. The van der Waals surface area contributed by atoms with E-state index in [-0.39, 0.29) is 3.92 Å². The average Bonchev–Trinajstić information content (AvgIpc) is 1.99. The van der Waals surface area contributed by atoms with Crippen LogP contribution in [0.25, 0.3) is 0 Å². The maximum absolute atomic E-state index is 12.4. The normalized spacial score (nSPS) is 16.7. The molecule has 0 heterocycles. The molecule has 0 fully saturated rings. The van der Waals surface area contributed by atoms with E-state index >= 15 is 0 Å². The highest BCUT2D eigenvalue weighted by Crippen LogP contribution is 2.29. The molecule has 13 heavy (non-hydrogen) atoms. The molecule has 0 aliphatic carbocycles. The van der Waals surface area contributed by atoms with Crippen LogP contribution in [-0.2, 0) is 0 Å². The highest BCUT2D eigenvalue weighted by Gasteiger charge is 2.40. The van der Waals surface area contributed by atoms with Crippen molar-refractivity contribution in [3.05, 3.63) is 12.7 Å². The molecule has 0 aliphatic heterocycles. The van der Waals surface area contributed by atoms with E-state index in [0.717, 1.165) is 0 Å². The lowest BCUT2D eigenvalue weighted by Crippen LogP contribution is -2.26. The van der Waals surface area contributed by atoms with Crippen LogP contribution < -0.4 is 0 Å². The zero-order chi connectivity index (χ0) is 10.5. The van der Waals surface area contributed by atoms with Gasteiger partial charge < -0.3 is 0 Å². The molecule has 0 aliphatic rings. The minimum Gasteiger partial charge on any atom is -0.237 e. The molecular weight excluding hydrogens is 299 g/mol. The highest BCUT2D eigenvalue weighted by molar-refractivity contribution is 14.1. The van der Waals surface area contributed by atoms with Crippen molar-refractivity contribution in [2.24, 2.45) is 0 Å². The Morgan fingerprint density at radius 3 is 2.31 bits per heavy atom. The lowest BCUT2D eigenvalue weighted by atomic mass is 10.1. The summed E-state index contributed by atoms with van der Waals surface area (Å²) < 4.78 is 47.3. The third-order valence-electron chi connectivity index (χ3n) is 1.50. The molecule has 0 saturated carbocycles. The lowest BCUT2D eigenvalue weighted by Gasteiger charge is -2.15. The van der Waals surface area contributed by atoms with Gasteiger partial charge >= 0.3 is 6.18 Å². The third kappa shape index (κ3) is 6.29. The predicted octanol–water partition coefficient (Wildman–Crippen LogP) is 4.05. The van der Waals surface area contributed by atoms with Crippen molar-refractivity contribution >= 4 is 22.6 Å². The molecule has 0 radical (unpaired) electrons. The number of rotatable bonds is 5. The molecule has 0 aromatic carbocycles. The Morgan fingerprint density at radius 1 is 1.38 bits per heavy atom. The summed E-state index contributed by atoms with van der Waals surface area (Å²) in [6, 6.07) is 0. The zero-order valence-corrected chi connectivity index (χ0v) is 9.11. The molecule has 5 heteroatoms. The Hall–Kier alpha value is 0.190. The molecular formula is C8H11F4I. The summed E-state index contributed by atoms with van der Waals surface area (Å²) >= 11 is 1.83. The van der Waals surface area contributed by atoms with Gasteiger partial charge in [-0.2, -0.15) is 13.2 Å². The number of hydrogen-bond donors (Lipinski definition) is 0. The quantitative estimate of drug-likeness (QED) is 0.311. The maximum Gasteiger partial charge on any atom is 0.419 e. The fraction of sp³-hybridized carbons (Fsp3) is 0.750. The van der Waals surface area contributed by atoms with Crippen LogP contribution >= 0.6 is 22.6 Å². The second-order valence-electron chi connectivity index (χ2n) is 2.71. The summed E-state index contributed by atoms with van der Waals surface area (Å²) in [5.41, 5.74) is 0. The van der Waals surface area contributed by atoms with Crippen LogP contribution in [0.5, 0.6) is 0 Å². The molecule has 0 aromatic rings. The van der Waals surface area contributed by atoms with Crippen LogP contribution in [0.1, 0.15) is 19.3 Å². The molecule has 2 unspecified atom stereocenters. The minimum atomic E-state index is -4.71. The second kappa shape index (κ2) is 5.82. The molecule has 0 aromatic heterocycles. The van der Waals surface area contributed by atoms with E-state index in [1.54, 1.807) is 6.08 Å². The van der Waals surface area contributed by atoms with Gasteiger partial charge in [0, 0.05) is 3.92 Å². The Balaban J connectivity index is 3.77. The summed E-state index contributed by atoms with van der Waals surface area (Å²) in [6.07, 6.45) is -5.08. The van der Waals surface area contributed by atoms with E-state index in [1.807, 2.05) is 22.6 Å². The van der Waals surface area contributed by atoms with E-state index in [2.05, 4.69) is 6.58 Å². The number of allylic oxidation sites excluding steroid dienone is 1. The zero-order valence-electron chi connectivity index (χ0n) is 6.95. The Kier molecular flexibility index (Phi) is 5.91. The van der Waals surface area contributed by atoms with Crippen LogP contribution in [0.2, 0.25) is 0 Å². The lowest BCUT2D eigenvalue weighted by molar-refractivity contribution is -0.181. The molecule has 0 spiro atoms. The van der Waals surface area contributed by atoms with Gasteiger partial charge in [0.2, 0.25) is 0 Å². The Morgan fingerprint density at radius 2 is 1.92 bits per heavy atom. The first-order valence-electron chi connectivity index (χ1n) is 3.83. The van der Waals surface area contributed by atoms with Gasteiger partial charge in [-0.1, -0.05) is 28.7 Å². The standard InChI is InChI=1S/C8H11F4I/c1-2-3-4-6(13)5-7(9)8(10,11)12/h2,6-7H,1,3-5H2. The molecule has 0 nitrogen and oxygen atoms in total. The molecule has 0 amide bonds. The predicted molar refractivity (Wildman–Crippen MR) is 52.8 cm³/mol. The smallest absolute Gasteiger partial charge is 0.237 e. The molecule has 0 bridgehead atoms. The number of hydrogen-bond acceptors (Lipinski definition) is 0. The summed E-state index contributed by atoms with van der Waals surface area (Å²) in [6.45, 7) is 3.44. The van der Waals surface area contributed by atoms with Crippen molar-refractivity contribution < 1.29 is 17.6 Å². The first-order chi connectivity index (χ1) is 5.88. The second-order valence-corrected chi connectivity index (χ2v) is 4.47. The topological polar surface area (TPSA) is 0 Å². The van der Waals surface area contributed by atoms with Crippen molar-refractivity contribution in [3.63, 3.8) is 0 Å². The molecule has 0 rings (SSSR count). The van der Waals surface area contributed by atoms with E-state index in [1.165, 1.54) is 0 Å². The first-order valence-corrected chi connectivity index (χ1v) is 5.08. The van der Waals surface area contributed by atoms with Gasteiger partial charge in [0.05, 0.1) is 0 Å². The van der Waals surface area contributed by atoms with Gasteiger partial charge in [-0.15, -0.1) is 6.58 Å². The van der Waals surface area contributed by atoms with Crippen molar-refractivity contribution in [1.29, 1.82) is 0 Å². The summed E-state index contributed by atoms with van der Waals surface area (Å²) in [5.74, 6) is 0. The van der Waals surface area contributed by atoms with Crippen LogP contribution in [0.3, 0.4) is 0 Å². The highest BCUT2D eigenvalue weighted by atomic mass is 127. The van der Waals surface area contributed by atoms with E-state index < -0.39 is 18.8 Å². The van der Waals surface area contributed by atoms with Gasteiger partial charge in [0.1, 0.15) is 0 Å². The van der Waals surface area contributed by atoms with Crippen molar-refractivity contribution in [2.75, 3.05) is 0 Å². The maximum atomic E-state index is 12.4. The average molecular weight is 310 g/mol. The van der Waals surface area contributed by atoms with Crippen molar-refractivity contribution in [3.8, 4) is 0 Å². The first kappa shape index (κ1) is 13.2. The van der Waals surface area contributed by atoms with Crippen LogP contribution in [0, 0.1) is 0 Å². The molecule has 0 saturated heterocycles. The van der Waals surface area contributed by atoms with Crippen LogP contribution in [0.4, 0.5) is 17.6 Å². The number of alkyl halides is 5. The van der Waals surface area contributed by atoms with E-state index in [4.69, 9.17) is 0 Å². The van der Waals surface area contributed by atoms with Gasteiger partial charge in [0.15, 0.2) is 6.17 Å². The number of halogens is 5. The summed E-state index contributed by atoms with van der Waals surface area (Å²) in [5, 5.41) is 0. The monoisotopic (exact) mass is 310 g/mol. The summed E-state index contributed by atoms with van der Waals surface area (Å²) in [7, 11) is 0. The van der Waals surface area contributed by atoms with Crippen LogP contribution in [-0.4, -0.2) is 16.3 Å². The fourth-order valence-electron chi connectivity index (χ4n) is 0.775. The SMILES string of the molecule is C=CCCC(I)CC(F)C(F)(F)F. The van der Waals surface area contributed by atoms with Crippen molar-refractivity contribution in [1.82, 2.24) is 0 Å². The van der Waals surface area contributed by atoms with Gasteiger partial charge in [-0.3, -0.25) is 0 Å². The minimum absolute atomic E-state index is 0.285. The fourth-order valence-corrected chi connectivity index (χ4v) is 1.58. The van der Waals surface area contributed by atoms with E-state index in [0.29, 0.717) is 12.8 Å². The van der Waals surface area contributed by atoms with Gasteiger partial charge in [0.25, 0.3) is 0 Å². The van der Waals surface area contributed by atoms with E-state index in [9.17, 15) is 17.6 Å².